The molecule has 1 saturated heterocycles. The molecule has 0 saturated carbocycles. The Bertz CT molecular complexity index is 882. The first kappa shape index (κ1) is 19.1. The second kappa shape index (κ2) is 8.32. The van der Waals surface area contributed by atoms with Gasteiger partial charge < -0.3 is 15.4 Å². The monoisotopic (exact) mass is 411 g/mol. The van der Waals surface area contributed by atoms with Crippen LogP contribution in [0, 0.1) is 0 Å². The van der Waals surface area contributed by atoms with E-state index in [4.69, 9.17) is 28.6 Å². The van der Waals surface area contributed by atoms with Gasteiger partial charge in [-0.1, -0.05) is 17.7 Å². The molecule has 0 radical (unpaired) electrons. The second-order valence-electron chi connectivity index (χ2n) is 5.63. The fraction of sp³-hybridized carbons (Fsp3) is 0.235. The Morgan fingerprint density at radius 1 is 1.04 bits per heavy atom. The van der Waals surface area contributed by atoms with Gasteiger partial charge in [0.25, 0.3) is 0 Å². The standard InChI is InChI=1S/C17H18ClN3O3S2/c18-13-4-6-14(7-5-13)19-17(25)20-15-2-1-3-16(12-15)26(22,23)21-8-10-24-11-9-21/h1-7,12H,8-11H2,(H2,19,20,25). The van der Waals surface area contributed by atoms with Crippen LogP contribution in [0.5, 0.6) is 0 Å². The molecule has 1 aliphatic heterocycles. The molecule has 0 unspecified atom stereocenters. The molecule has 0 aromatic heterocycles. The number of anilines is 2. The predicted molar refractivity (Wildman–Crippen MR) is 107 cm³/mol. The first-order valence-electron chi connectivity index (χ1n) is 7.97. The van der Waals surface area contributed by atoms with Gasteiger partial charge in [-0.25, -0.2) is 8.42 Å². The van der Waals surface area contributed by atoms with Crippen molar-refractivity contribution in [2.24, 2.45) is 0 Å². The smallest absolute Gasteiger partial charge is 0.243 e. The lowest BCUT2D eigenvalue weighted by molar-refractivity contribution is 0.0730. The molecule has 0 spiro atoms. The molecule has 2 aromatic rings. The van der Waals surface area contributed by atoms with Gasteiger partial charge >= 0.3 is 0 Å². The first-order chi connectivity index (χ1) is 12.4. The molecule has 3 rings (SSSR count). The van der Waals surface area contributed by atoms with Crippen molar-refractivity contribution in [1.29, 1.82) is 0 Å². The summed E-state index contributed by atoms with van der Waals surface area (Å²) in [6, 6.07) is 13.7. The van der Waals surface area contributed by atoms with Crippen molar-refractivity contribution >= 4 is 50.3 Å². The van der Waals surface area contributed by atoms with Crippen molar-refractivity contribution in [3.05, 3.63) is 53.6 Å². The van der Waals surface area contributed by atoms with Gasteiger partial charge in [0.1, 0.15) is 0 Å². The van der Waals surface area contributed by atoms with Gasteiger partial charge in [-0.05, 0) is 54.7 Å². The number of hydrogen-bond acceptors (Lipinski definition) is 4. The normalized spacial score (nSPS) is 15.4. The van der Waals surface area contributed by atoms with Crippen LogP contribution in [0.1, 0.15) is 0 Å². The van der Waals surface area contributed by atoms with Crippen molar-refractivity contribution in [3.63, 3.8) is 0 Å². The zero-order chi connectivity index (χ0) is 18.6. The summed E-state index contributed by atoms with van der Waals surface area (Å²) in [5.74, 6) is 0. The second-order valence-corrected chi connectivity index (χ2v) is 8.41. The molecular weight excluding hydrogens is 394 g/mol. The number of benzene rings is 2. The van der Waals surface area contributed by atoms with Gasteiger partial charge in [-0.3, -0.25) is 0 Å². The van der Waals surface area contributed by atoms with Gasteiger partial charge in [0, 0.05) is 29.5 Å². The van der Waals surface area contributed by atoms with Gasteiger partial charge in [-0.15, -0.1) is 0 Å². The molecule has 0 bridgehead atoms. The summed E-state index contributed by atoms with van der Waals surface area (Å²) in [5.41, 5.74) is 1.37. The zero-order valence-electron chi connectivity index (χ0n) is 13.8. The van der Waals surface area contributed by atoms with Crippen LogP contribution in [0.2, 0.25) is 5.02 Å². The minimum Gasteiger partial charge on any atom is -0.379 e. The topological polar surface area (TPSA) is 70.7 Å². The molecule has 2 N–H and O–H groups in total. The summed E-state index contributed by atoms with van der Waals surface area (Å²) in [4.78, 5) is 0.221. The van der Waals surface area contributed by atoms with Crippen molar-refractivity contribution in [2.75, 3.05) is 36.9 Å². The highest BCUT2D eigenvalue weighted by Gasteiger charge is 2.26. The molecule has 6 nitrogen and oxygen atoms in total. The highest BCUT2D eigenvalue weighted by Crippen LogP contribution is 2.21. The van der Waals surface area contributed by atoms with Crippen LogP contribution in [-0.2, 0) is 14.8 Å². The molecular formula is C17H18ClN3O3S2. The Morgan fingerprint density at radius 3 is 2.38 bits per heavy atom. The third-order valence-electron chi connectivity index (χ3n) is 3.80. The molecule has 138 valence electrons. The lowest BCUT2D eigenvalue weighted by Crippen LogP contribution is -2.40. The predicted octanol–water partition coefficient (Wildman–Crippen LogP) is 3.17. The number of rotatable bonds is 4. The lowest BCUT2D eigenvalue weighted by Gasteiger charge is -2.26. The van der Waals surface area contributed by atoms with Gasteiger partial charge in [0.15, 0.2) is 5.11 Å². The molecule has 0 amide bonds. The van der Waals surface area contributed by atoms with E-state index in [0.717, 1.165) is 5.69 Å². The van der Waals surface area contributed by atoms with Gasteiger partial charge in [0.2, 0.25) is 10.0 Å². The van der Waals surface area contributed by atoms with Crippen LogP contribution >= 0.6 is 23.8 Å². The third-order valence-corrected chi connectivity index (χ3v) is 6.15. The van der Waals surface area contributed by atoms with Crippen LogP contribution < -0.4 is 10.6 Å². The minimum atomic E-state index is -3.55. The summed E-state index contributed by atoms with van der Waals surface area (Å²) in [6.45, 7) is 1.53. The van der Waals surface area contributed by atoms with E-state index in [1.54, 1.807) is 48.5 Å². The van der Waals surface area contributed by atoms with Crippen LogP contribution in [0.15, 0.2) is 53.4 Å². The lowest BCUT2D eigenvalue weighted by atomic mass is 10.3. The maximum atomic E-state index is 12.7. The number of halogens is 1. The van der Waals surface area contributed by atoms with E-state index < -0.39 is 10.0 Å². The molecule has 2 aromatic carbocycles. The van der Waals surface area contributed by atoms with Crippen molar-refractivity contribution in [1.82, 2.24) is 4.31 Å². The minimum absolute atomic E-state index is 0.221. The molecule has 26 heavy (non-hydrogen) atoms. The summed E-state index contributed by atoms with van der Waals surface area (Å²) in [6.07, 6.45) is 0. The summed E-state index contributed by atoms with van der Waals surface area (Å²) < 4.78 is 32.1. The van der Waals surface area contributed by atoms with Gasteiger partial charge in [-0.2, -0.15) is 4.31 Å². The summed E-state index contributed by atoms with van der Waals surface area (Å²) in [5, 5.41) is 7.01. The Balaban J connectivity index is 1.70. The molecule has 9 heteroatoms. The van der Waals surface area contributed by atoms with E-state index in [1.165, 1.54) is 4.31 Å². The highest BCUT2D eigenvalue weighted by atomic mass is 35.5. The molecule has 0 atom stereocenters. The zero-order valence-corrected chi connectivity index (χ0v) is 16.2. The van der Waals surface area contributed by atoms with Crippen LogP contribution in [0.4, 0.5) is 11.4 Å². The molecule has 1 aliphatic rings. The van der Waals surface area contributed by atoms with Crippen molar-refractivity contribution in [3.8, 4) is 0 Å². The quantitative estimate of drug-likeness (QED) is 0.753. The van der Waals surface area contributed by atoms with E-state index >= 15 is 0 Å². The molecule has 1 fully saturated rings. The third kappa shape index (κ3) is 4.72. The Morgan fingerprint density at radius 2 is 1.69 bits per heavy atom. The maximum Gasteiger partial charge on any atom is 0.243 e. The average molecular weight is 412 g/mol. The number of nitrogens with one attached hydrogen (secondary N) is 2. The number of hydrogen-bond donors (Lipinski definition) is 2. The molecule has 0 aliphatic carbocycles. The largest absolute Gasteiger partial charge is 0.379 e. The van der Waals surface area contributed by atoms with E-state index in [-0.39, 0.29) is 4.90 Å². The van der Waals surface area contributed by atoms with Crippen molar-refractivity contribution in [2.45, 2.75) is 4.90 Å². The number of thiocarbonyl (C=S) groups is 1. The molecule has 1 heterocycles. The summed E-state index contributed by atoms with van der Waals surface area (Å²) in [7, 11) is -3.55. The van der Waals surface area contributed by atoms with E-state index in [9.17, 15) is 8.42 Å². The fourth-order valence-electron chi connectivity index (χ4n) is 2.50. The van der Waals surface area contributed by atoms with E-state index in [1.807, 2.05) is 0 Å². The number of nitrogens with zero attached hydrogens (tertiary/aromatic N) is 1. The Kier molecular flexibility index (Phi) is 6.10. The first-order valence-corrected chi connectivity index (χ1v) is 10.2. The highest BCUT2D eigenvalue weighted by molar-refractivity contribution is 7.89. The van der Waals surface area contributed by atoms with Gasteiger partial charge in [0.05, 0.1) is 18.1 Å². The number of morpholine rings is 1. The Hall–Kier alpha value is -1.71. The summed E-state index contributed by atoms with van der Waals surface area (Å²) >= 11 is 11.1. The van der Waals surface area contributed by atoms with Crippen LogP contribution in [-0.4, -0.2) is 44.1 Å². The maximum absolute atomic E-state index is 12.7. The van der Waals surface area contributed by atoms with E-state index in [0.29, 0.717) is 42.1 Å². The fourth-order valence-corrected chi connectivity index (χ4v) is 4.31. The Labute approximate surface area is 163 Å². The SMILES string of the molecule is O=S(=O)(c1cccc(NC(=S)Nc2ccc(Cl)cc2)c1)N1CCOCC1. The van der Waals surface area contributed by atoms with Crippen LogP contribution in [0.25, 0.3) is 0 Å². The average Bonchev–Trinajstić information content (AvgIpc) is 2.64. The van der Waals surface area contributed by atoms with E-state index in [2.05, 4.69) is 10.6 Å². The van der Waals surface area contributed by atoms with Crippen LogP contribution in [0.3, 0.4) is 0 Å². The number of sulfonamides is 1. The number of ether oxygens (including phenoxy) is 1. The van der Waals surface area contributed by atoms with Crippen molar-refractivity contribution < 1.29 is 13.2 Å².